The van der Waals surface area contributed by atoms with Crippen molar-refractivity contribution in [3.05, 3.63) is 0 Å². The Kier molecular flexibility index (Phi) is 11.4. The zero-order valence-corrected chi connectivity index (χ0v) is 16.4. The molecule has 0 aromatic rings. The van der Waals surface area contributed by atoms with Gasteiger partial charge in [-0.15, -0.1) is 24.0 Å². The Labute approximate surface area is 147 Å². The maximum Gasteiger partial charge on any atom is 0.191 e. The summed E-state index contributed by atoms with van der Waals surface area (Å²) in [5.41, 5.74) is 0.342. The van der Waals surface area contributed by atoms with Gasteiger partial charge < -0.3 is 15.4 Å². The second kappa shape index (κ2) is 11.5. The Morgan fingerprint density at radius 3 is 2.43 bits per heavy atom. The third kappa shape index (κ3) is 11.2. The van der Waals surface area contributed by atoms with Crippen molar-refractivity contribution in [3.8, 4) is 0 Å². The third-order valence-electron chi connectivity index (χ3n) is 3.30. The van der Waals surface area contributed by atoms with Gasteiger partial charge in [-0.25, -0.2) is 0 Å². The van der Waals surface area contributed by atoms with Crippen molar-refractivity contribution in [3.63, 3.8) is 0 Å². The van der Waals surface area contributed by atoms with Gasteiger partial charge in [-0.3, -0.25) is 9.89 Å². The fraction of sp³-hybridized carbons (Fsp3) is 0.933. The first-order valence-electron chi connectivity index (χ1n) is 7.83. The van der Waals surface area contributed by atoms with Gasteiger partial charge in [0.1, 0.15) is 0 Å². The molecule has 1 heterocycles. The molecule has 2 N–H and O–H groups in total. The van der Waals surface area contributed by atoms with Crippen LogP contribution in [0.5, 0.6) is 0 Å². The Balaban J connectivity index is 0.00000400. The summed E-state index contributed by atoms with van der Waals surface area (Å²) in [6.07, 6.45) is 1.10. The van der Waals surface area contributed by atoms with Crippen molar-refractivity contribution in [2.24, 2.45) is 10.4 Å². The molecule has 1 aliphatic rings. The number of rotatable bonds is 6. The van der Waals surface area contributed by atoms with Gasteiger partial charge in [-0.05, 0) is 18.8 Å². The van der Waals surface area contributed by atoms with Gasteiger partial charge in [0.05, 0.1) is 13.2 Å². The summed E-state index contributed by atoms with van der Waals surface area (Å²) in [7, 11) is 0. The van der Waals surface area contributed by atoms with Crippen molar-refractivity contribution in [2.45, 2.75) is 34.1 Å². The lowest BCUT2D eigenvalue weighted by molar-refractivity contribution is 0.0389. The van der Waals surface area contributed by atoms with Crippen molar-refractivity contribution < 1.29 is 4.74 Å². The van der Waals surface area contributed by atoms with Gasteiger partial charge in [0, 0.05) is 39.3 Å². The van der Waals surface area contributed by atoms with E-state index in [-0.39, 0.29) is 24.0 Å². The molecule has 0 aliphatic carbocycles. The van der Waals surface area contributed by atoms with E-state index >= 15 is 0 Å². The molecule has 5 nitrogen and oxygen atoms in total. The van der Waals surface area contributed by atoms with Crippen molar-refractivity contribution in [1.82, 2.24) is 15.5 Å². The molecule has 0 radical (unpaired) electrons. The van der Waals surface area contributed by atoms with Gasteiger partial charge in [-0.2, -0.15) is 0 Å². The summed E-state index contributed by atoms with van der Waals surface area (Å²) in [5.74, 6) is 0.935. The molecule has 0 bridgehead atoms. The number of halogens is 1. The first kappa shape index (κ1) is 20.9. The summed E-state index contributed by atoms with van der Waals surface area (Å²) < 4.78 is 5.35. The maximum atomic E-state index is 5.35. The van der Waals surface area contributed by atoms with Crippen molar-refractivity contribution >= 4 is 29.9 Å². The molecule has 0 aromatic heterocycles. The van der Waals surface area contributed by atoms with E-state index in [0.29, 0.717) is 5.41 Å². The second-order valence-corrected chi connectivity index (χ2v) is 6.45. The number of hydrogen-bond donors (Lipinski definition) is 2. The Morgan fingerprint density at radius 2 is 1.86 bits per heavy atom. The number of morpholine rings is 1. The molecule has 0 amide bonds. The van der Waals surface area contributed by atoms with Crippen LogP contribution in [0.4, 0.5) is 0 Å². The van der Waals surface area contributed by atoms with Crippen LogP contribution >= 0.6 is 24.0 Å². The number of aliphatic imine (C=N–C) groups is 1. The standard InChI is InChI=1S/C15H32N4O.HI/c1-5-16-14(17-7-6-15(2,3)4)18-8-9-19-10-12-20-13-11-19;/h5-13H2,1-4H3,(H2,16,17,18);1H. The average Bonchev–Trinajstić information content (AvgIpc) is 2.38. The molecule has 1 fully saturated rings. The molecular formula is C15H33IN4O. The number of hydrogen-bond acceptors (Lipinski definition) is 3. The van der Waals surface area contributed by atoms with Crippen LogP contribution in [0.2, 0.25) is 0 Å². The van der Waals surface area contributed by atoms with E-state index in [9.17, 15) is 0 Å². The summed E-state index contributed by atoms with van der Waals surface area (Å²) in [4.78, 5) is 7.06. The van der Waals surface area contributed by atoms with Crippen LogP contribution in [-0.4, -0.2) is 63.3 Å². The Hall–Kier alpha value is -0.0800. The van der Waals surface area contributed by atoms with Gasteiger partial charge >= 0.3 is 0 Å². The first-order chi connectivity index (χ1) is 9.51. The monoisotopic (exact) mass is 412 g/mol. The predicted molar refractivity (Wildman–Crippen MR) is 101 cm³/mol. The van der Waals surface area contributed by atoms with E-state index in [1.807, 2.05) is 0 Å². The van der Waals surface area contributed by atoms with E-state index in [0.717, 1.165) is 64.9 Å². The number of ether oxygens (including phenoxy) is 1. The van der Waals surface area contributed by atoms with Crippen LogP contribution in [0.3, 0.4) is 0 Å². The lowest BCUT2D eigenvalue weighted by Gasteiger charge is -2.26. The number of nitrogens with one attached hydrogen (secondary N) is 2. The second-order valence-electron chi connectivity index (χ2n) is 6.45. The largest absolute Gasteiger partial charge is 0.379 e. The highest BCUT2D eigenvalue weighted by Gasteiger charge is 2.10. The summed E-state index contributed by atoms with van der Waals surface area (Å²) >= 11 is 0. The minimum absolute atomic E-state index is 0. The lowest BCUT2D eigenvalue weighted by atomic mass is 9.93. The molecule has 0 unspecified atom stereocenters. The fourth-order valence-corrected chi connectivity index (χ4v) is 2.00. The van der Waals surface area contributed by atoms with Crippen molar-refractivity contribution in [2.75, 3.05) is 52.5 Å². The Bertz CT molecular complexity index is 286. The van der Waals surface area contributed by atoms with Gasteiger partial charge in [0.25, 0.3) is 0 Å². The highest BCUT2D eigenvalue weighted by Crippen LogP contribution is 2.17. The van der Waals surface area contributed by atoms with Crippen LogP contribution in [0.25, 0.3) is 0 Å². The minimum Gasteiger partial charge on any atom is -0.379 e. The number of guanidine groups is 1. The van der Waals surface area contributed by atoms with E-state index in [4.69, 9.17) is 4.74 Å². The maximum absolute atomic E-state index is 5.35. The first-order valence-corrected chi connectivity index (χ1v) is 7.83. The molecule has 6 heteroatoms. The van der Waals surface area contributed by atoms with Crippen LogP contribution in [0, 0.1) is 5.41 Å². The summed E-state index contributed by atoms with van der Waals surface area (Å²) in [6.45, 7) is 16.4. The minimum atomic E-state index is 0. The molecular weight excluding hydrogens is 379 g/mol. The van der Waals surface area contributed by atoms with Crippen LogP contribution < -0.4 is 10.6 Å². The molecule has 1 rings (SSSR count). The zero-order valence-electron chi connectivity index (χ0n) is 14.1. The van der Waals surface area contributed by atoms with E-state index in [2.05, 4.69) is 48.2 Å². The van der Waals surface area contributed by atoms with E-state index < -0.39 is 0 Å². The Morgan fingerprint density at radius 1 is 1.19 bits per heavy atom. The normalized spacial score (nSPS) is 17.2. The van der Waals surface area contributed by atoms with Crippen LogP contribution in [0.15, 0.2) is 4.99 Å². The van der Waals surface area contributed by atoms with Gasteiger partial charge in [-0.1, -0.05) is 20.8 Å². The predicted octanol–water partition coefficient (Wildman–Crippen LogP) is 1.93. The molecule has 0 saturated carbocycles. The van der Waals surface area contributed by atoms with Gasteiger partial charge in [0.15, 0.2) is 5.96 Å². The highest BCUT2D eigenvalue weighted by atomic mass is 127. The third-order valence-corrected chi connectivity index (χ3v) is 3.30. The van der Waals surface area contributed by atoms with Crippen molar-refractivity contribution in [1.29, 1.82) is 0 Å². The van der Waals surface area contributed by atoms with Gasteiger partial charge in [0.2, 0.25) is 0 Å². The molecule has 1 aliphatic heterocycles. The number of nitrogens with zero attached hydrogens (tertiary/aromatic N) is 2. The fourth-order valence-electron chi connectivity index (χ4n) is 2.00. The average molecular weight is 412 g/mol. The topological polar surface area (TPSA) is 48.9 Å². The van der Waals surface area contributed by atoms with Crippen LogP contribution in [0.1, 0.15) is 34.1 Å². The van der Waals surface area contributed by atoms with Crippen LogP contribution in [-0.2, 0) is 4.74 Å². The molecule has 1 saturated heterocycles. The SMILES string of the molecule is CCNC(=NCCC(C)(C)C)NCCN1CCOCC1.I. The zero-order chi connectivity index (χ0) is 14.8. The highest BCUT2D eigenvalue weighted by molar-refractivity contribution is 14.0. The molecule has 0 atom stereocenters. The smallest absolute Gasteiger partial charge is 0.191 e. The quantitative estimate of drug-likeness (QED) is 0.398. The summed E-state index contributed by atoms with van der Waals surface area (Å²) in [6, 6.07) is 0. The molecule has 0 aromatic carbocycles. The summed E-state index contributed by atoms with van der Waals surface area (Å²) in [5, 5.41) is 6.71. The van der Waals surface area contributed by atoms with E-state index in [1.54, 1.807) is 0 Å². The molecule has 21 heavy (non-hydrogen) atoms. The van der Waals surface area contributed by atoms with E-state index in [1.165, 1.54) is 0 Å². The molecule has 126 valence electrons. The lowest BCUT2D eigenvalue weighted by Crippen LogP contribution is -2.44. The molecule has 0 spiro atoms.